The minimum Gasteiger partial charge on any atom is -0.466 e. The predicted octanol–water partition coefficient (Wildman–Crippen LogP) is 3.45. The lowest BCUT2D eigenvalue weighted by Crippen LogP contribution is -1.99. The maximum absolute atomic E-state index is 5.52. The van der Waals surface area contributed by atoms with E-state index in [0.29, 0.717) is 0 Å². The van der Waals surface area contributed by atoms with Crippen molar-refractivity contribution >= 4 is 21.6 Å². The fourth-order valence-electron chi connectivity index (χ4n) is 2.07. The first-order chi connectivity index (χ1) is 10.2. The van der Waals surface area contributed by atoms with E-state index in [1.165, 1.54) is 0 Å². The molecule has 2 heterocycles. The zero-order valence-corrected chi connectivity index (χ0v) is 13.3. The molecule has 0 atom stereocenters. The molecule has 21 heavy (non-hydrogen) atoms. The standard InChI is InChI=1S/C15H14BrN3O2/c1-10-7-19-8-13(17-6-15(19)18-10)11-3-4-12(16)14(5-11)21-9-20-2/h3-8H,9H2,1-2H3. The van der Waals surface area contributed by atoms with E-state index in [1.54, 1.807) is 13.3 Å². The van der Waals surface area contributed by atoms with Gasteiger partial charge in [-0.2, -0.15) is 0 Å². The summed E-state index contributed by atoms with van der Waals surface area (Å²) in [7, 11) is 1.59. The predicted molar refractivity (Wildman–Crippen MR) is 83.4 cm³/mol. The van der Waals surface area contributed by atoms with Crippen LogP contribution in [0.4, 0.5) is 0 Å². The van der Waals surface area contributed by atoms with Crippen molar-refractivity contribution in [2.24, 2.45) is 0 Å². The van der Waals surface area contributed by atoms with Crippen LogP contribution >= 0.6 is 15.9 Å². The molecule has 108 valence electrons. The molecule has 0 fully saturated rings. The van der Waals surface area contributed by atoms with Gasteiger partial charge in [-0.15, -0.1) is 0 Å². The Labute approximate surface area is 130 Å². The number of methoxy groups -OCH3 is 1. The minimum atomic E-state index is 0.204. The van der Waals surface area contributed by atoms with E-state index in [-0.39, 0.29) is 6.79 Å². The van der Waals surface area contributed by atoms with Gasteiger partial charge in [0.05, 0.1) is 22.1 Å². The molecule has 2 aromatic heterocycles. The normalized spacial score (nSPS) is 11.0. The number of nitrogens with zero attached hydrogens (tertiary/aromatic N) is 3. The van der Waals surface area contributed by atoms with Crippen molar-refractivity contribution in [3.63, 3.8) is 0 Å². The number of aryl methyl sites for hydroxylation is 1. The van der Waals surface area contributed by atoms with Crippen molar-refractivity contribution in [1.82, 2.24) is 14.4 Å². The van der Waals surface area contributed by atoms with Crippen molar-refractivity contribution in [3.8, 4) is 17.0 Å². The number of fused-ring (bicyclic) bond motifs is 1. The second-order valence-electron chi connectivity index (χ2n) is 4.62. The van der Waals surface area contributed by atoms with Crippen molar-refractivity contribution in [1.29, 1.82) is 0 Å². The van der Waals surface area contributed by atoms with Gasteiger partial charge in [0.15, 0.2) is 12.4 Å². The van der Waals surface area contributed by atoms with Crippen molar-refractivity contribution in [2.45, 2.75) is 6.92 Å². The van der Waals surface area contributed by atoms with Crippen LogP contribution in [0.5, 0.6) is 5.75 Å². The number of halogens is 1. The van der Waals surface area contributed by atoms with E-state index in [9.17, 15) is 0 Å². The maximum atomic E-state index is 5.52. The van der Waals surface area contributed by atoms with E-state index in [4.69, 9.17) is 9.47 Å². The lowest BCUT2D eigenvalue weighted by molar-refractivity contribution is 0.0506. The summed E-state index contributed by atoms with van der Waals surface area (Å²) in [5.41, 5.74) is 3.63. The van der Waals surface area contributed by atoms with Crippen LogP contribution in [0.1, 0.15) is 5.69 Å². The summed E-state index contributed by atoms with van der Waals surface area (Å²) in [6.07, 6.45) is 5.69. The number of hydrogen-bond donors (Lipinski definition) is 0. The highest BCUT2D eigenvalue weighted by Gasteiger charge is 2.07. The van der Waals surface area contributed by atoms with E-state index in [1.807, 2.05) is 41.9 Å². The summed E-state index contributed by atoms with van der Waals surface area (Å²) >= 11 is 3.46. The number of rotatable bonds is 4. The fourth-order valence-corrected chi connectivity index (χ4v) is 2.43. The second kappa shape index (κ2) is 5.83. The first kappa shape index (κ1) is 14.0. The van der Waals surface area contributed by atoms with Crippen molar-refractivity contribution < 1.29 is 9.47 Å². The molecule has 0 amide bonds. The zero-order chi connectivity index (χ0) is 14.8. The van der Waals surface area contributed by atoms with Crippen molar-refractivity contribution in [2.75, 3.05) is 13.9 Å². The van der Waals surface area contributed by atoms with Crippen LogP contribution in [0.25, 0.3) is 16.9 Å². The Bertz CT molecular complexity index is 786. The van der Waals surface area contributed by atoms with Crippen molar-refractivity contribution in [3.05, 3.63) is 47.0 Å². The summed E-state index contributed by atoms with van der Waals surface area (Å²) in [5.74, 6) is 0.720. The van der Waals surface area contributed by atoms with Gasteiger partial charge >= 0.3 is 0 Å². The molecule has 3 rings (SSSR count). The highest BCUT2D eigenvalue weighted by Crippen LogP contribution is 2.30. The molecule has 0 saturated heterocycles. The smallest absolute Gasteiger partial charge is 0.188 e. The van der Waals surface area contributed by atoms with Gasteiger partial charge in [-0.1, -0.05) is 6.07 Å². The summed E-state index contributed by atoms with van der Waals surface area (Å²) < 4.78 is 13.3. The molecular formula is C15H14BrN3O2. The third-order valence-electron chi connectivity index (χ3n) is 3.02. The number of ether oxygens (including phenoxy) is 2. The topological polar surface area (TPSA) is 48.7 Å². The number of benzene rings is 1. The molecule has 0 unspecified atom stereocenters. The first-order valence-corrected chi connectivity index (χ1v) is 7.19. The van der Waals surface area contributed by atoms with E-state index in [2.05, 4.69) is 25.9 Å². The zero-order valence-electron chi connectivity index (χ0n) is 11.7. The molecule has 0 spiro atoms. The Hall–Kier alpha value is -1.92. The number of imidazole rings is 1. The van der Waals surface area contributed by atoms with Gasteiger partial charge in [0.25, 0.3) is 0 Å². The van der Waals surface area contributed by atoms with Crippen LogP contribution < -0.4 is 4.74 Å². The number of hydrogen-bond acceptors (Lipinski definition) is 4. The van der Waals surface area contributed by atoms with Gasteiger partial charge in [-0.25, -0.2) is 4.98 Å². The highest BCUT2D eigenvalue weighted by molar-refractivity contribution is 9.10. The first-order valence-electron chi connectivity index (χ1n) is 6.40. The molecule has 0 radical (unpaired) electrons. The number of aromatic nitrogens is 3. The molecule has 0 bridgehead atoms. The highest BCUT2D eigenvalue weighted by atomic mass is 79.9. The SMILES string of the molecule is COCOc1cc(-c2cn3cc(C)nc3cn2)ccc1Br. The van der Waals surface area contributed by atoms with E-state index < -0.39 is 0 Å². The Morgan fingerprint density at radius 3 is 2.95 bits per heavy atom. The summed E-state index contributed by atoms with van der Waals surface area (Å²) in [5, 5.41) is 0. The Morgan fingerprint density at radius 1 is 1.29 bits per heavy atom. The molecule has 0 N–H and O–H groups in total. The Morgan fingerprint density at radius 2 is 2.14 bits per heavy atom. The molecule has 1 aromatic carbocycles. The largest absolute Gasteiger partial charge is 0.466 e. The monoisotopic (exact) mass is 347 g/mol. The third-order valence-corrected chi connectivity index (χ3v) is 3.68. The second-order valence-corrected chi connectivity index (χ2v) is 5.47. The lowest BCUT2D eigenvalue weighted by atomic mass is 10.1. The van der Waals surface area contributed by atoms with Gasteiger partial charge in [0.1, 0.15) is 5.75 Å². The van der Waals surface area contributed by atoms with Gasteiger partial charge in [-0.3, -0.25) is 4.98 Å². The van der Waals surface area contributed by atoms with Crippen LogP contribution in [0.15, 0.2) is 41.3 Å². The molecule has 5 nitrogen and oxygen atoms in total. The molecule has 0 aliphatic rings. The third kappa shape index (κ3) is 2.91. The van der Waals surface area contributed by atoms with Gasteiger partial charge in [-0.05, 0) is 35.0 Å². The van der Waals surface area contributed by atoms with Crippen LogP contribution in [-0.2, 0) is 4.74 Å². The Balaban J connectivity index is 2.00. The summed E-state index contributed by atoms with van der Waals surface area (Å²) in [6.45, 7) is 2.16. The minimum absolute atomic E-state index is 0.204. The molecule has 0 aliphatic heterocycles. The molecule has 0 saturated carbocycles. The summed E-state index contributed by atoms with van der Waals surface area (Å²) in [6, 6.07) is 5.86. The van der Waals surface area contributed by atoms with Gasteiger partial charge in [0, 0.05) is 25.1 Å². The molecule has 3 aromatic rings. The van der Waals surface area contributed by atoms with Crippen LogP contribution in [0.2, 0.25) is 0 Å². The average molecular weight is 348 g/mol. The molecule has 6 heteroatoms. The molecular weight excluding hydrogens is 334 g/mol. The lowest BCUT2D eigenvalue weighted by Gasteiger charge is -2.09. The van der Waals surface area contributed by atoms with Crippen LogP contribution in [-0.4, -0.2) is 28.3 Å². The van der Waals surface area contributed by atoms with E-state index >= 15 is 0 Å². The maximum Gasteiger partial charge on any atom is 0.188 e. The van der Waals surface area contributed by atoms with Gasteiger partial charge < -0.3 is 13.9 Å². The Kier molecular flexibility index (Phi) is 3.90. The summed E-state index contributed by atoms with van der Waals surface area (Å²) in [4.78, 5) is 8.83. The van der Waals surface area contributed by atoms with Gasteiger partial charge in [0.2, 0.25) is 0 Å². The molecule has 0 aliphatic carbocycles. The van der Waals surface area contributed by atoms with Crippen LogP contribution in [0, 0.1) is 6.92 Å². The van der Waals surface area contributed by atoms with E-state index in [0.717, 1.165) is 32.8 Å². The van der Waals surface area contributed by atoms with Crippen LogP contribution in [0.3, 0.4) is 0 Å². The fraction of sp³-hybridized carbons (Fsp3) is 0.200. The average Bonchev–Trinajstić information content (AvgIpc) is 2.85. The quantitative estimate of drug-likeness (QED) is 0.678.